The van der Waals surface area contributed by atoms with E-state index in [2.05, 4.69) is 5.32 Å². The Morgan fingerprint density at radius 2 is 1.68 bits per heavy atom. The van der Waals surface area contributed by atoms with E-state index in [1.54, 1.807) is 0 Å². The van der Waals surface area contributed by atoms with Crippen LogP contribution < -0.4 is 5.32 Å². The molecule has 1 aromatic carbocycles. The van der Waals surface area contributed by atoms with Crippen molar-refractivity contribution in [2.24, 2.45) is 0 Å². The number of nitrogens with one attached hydrogen (secondary N) is 1. The fraction of sp³-hybridized carbons (Fsp3) is 0.533. The van der Waals surface area contributed by atoms with Gasteiger partial charge in [0.1, 0.15) is 0 Å². The van der Waals surface area contributed by atoms with Gasteiger partial charge in [0.25, 0.3) is 0 Å². The summed E-state index contributed by atoms with van der Waals surface area (Å²) in [6.45, 7) is 6.23. The molecule has 0 radical (unpaired) electrons. The standard InChI is InChI=1S/C15H22N2O4S/c1-10-8-11(2)14(12(3)9-10)22(20,21)17-6-4-13(5-7-17)16-15(18)19/h8-9,13,16H,4-7H2,1-3H3,(H,18,19). The lowest BCUT2D eigenvalue weighted by molar-refractivity contribution is 0.183. The first-order valence-corrected chi connectivity index (χ1v) is 8.73. The van der Waals surface area contributed by atoms with Crippen LogP contribution in [0.2, 0.25) is 0 Å². The molecule has 1 heterocycles. The number of nitrogens with zero attached hydrogens (tertiary/aromatic N) is 1. The zero-order chi connectivity index (χ0) is 16.5. The number of piperidine rings is 1. The average molecular weight is 326 g/mol. The van der Waals surface area contributed by atoms with Crippen LogP contribution in [-0.4, -0.2) is 43.1 Å². The summed E-state index contributed by atoms with van der Waals surface area (Å²) in [5.41, 5.74) is 2.55. The van der Waals surface area contributed by atoms with E-state index < -0.39 is 16.1 Å². The molecule has 7 heteroatoms. The van der Waals surface area contributed by atoms with E-state index in [1.807, 2.05) is 32.9 Å². The summed E-state index contributed by atoms with van der Waals surface area (Å²) in [6.07, 6.45) is -0.0724. The third-order valence-corrected chi connectivity index (χ3v) is 6.19. The van der Waals surface area contributed by atoms with Gasteiger partial charge in [-0.25, -0.2) is 13.2 Å². The Balaban J connectivity index is 2.21. The van der Waals surface area contributed by atoms with E-state index in [1.165, 1.54) is 4.31 Å². The molecule has 2 rings (SSSR count). The second-order valence-corrected chi connectivity index (χ2v) is 7.73. The molecule has 122 valence electrons. The number of carbonyl (C=O) groups is 1. The largest absolute Gasteiger partial charge is 0.465 e. The third-order valence-electron chi connectivity index (χ3n) is 3.98. The lowest BCUT2D eigenvalue weighted by Gasteiger charge is -2.31. The number of benzene rings is 1. The molecule has 1 fully saturated rings. The number of amides is 1. The molecule has 2 N–H and O–H groups in total. The smallest absolute Gasteiger partial charge is 0.404 e. The lowest BCUT2D eigenvalue weighted by atomic mass is 10.1. The minimum atomic E-state index is -3.53. The molecular formula is C15H22N2O4S. The van der Waals surface area contributed by atoms with Crippen molar-refractivity contribution in [3.05, 3.63) is 28.8 Å². The van der Waals surface area contributed by atoms with Gasteiger partial charge in [0.15, 0.2) is 0 Å². The minimum absolute atomic E-state index is 0.177. The molecule has 22 heavy (non-hydrogen) atoms. The molecular weight excluding hydrogens is 304 g/mol. The van der Waals surface area contributed by atoms with E-state index >= 15 is 0 Å². The van der Waals surface area contributed by atoms with Crippen LogP contribution in [-0.2, 0) is 10.0 Å². The predicted octanol–water partition coefficient (Wildman–Crippen LogP) is 2.03. The highest BCUT2D eigenvalue weighted by Gasteiger charge is 2.31. The fourth-order valence-corrected chi connectivity index (χ4v) is 5.00. The highest BCUT2D eigenvalue weighted by molar-refractivity contribution is 7.89. The van der Waals surface area contributed by atoms with Crippen LogP contribution in [0.3, 0.4) is 0 Å². The van der Waals surface area contributed by atoms with Crippen LogP contribution in [0, 0.1) is 20.8 Å². The van der Waals surface area contributed by atoms with Crippen molar-refractivity contribution in [2.75, 3.05) is 13.1 Å². The van der Waals surface area contributed by atoms with Gasteiger partial charge in [-0.3, -0.25) is 0 Å². The first-order chi connectivity index (χ1) is 10.2. The Labute approximate surface area is 131 Å². The van der Waals surface area contributed by atoms with Gasteiger partial charge in [0.2, 0.25) is 10.0 Å². The highest BCUT2D eigenvalue weighted by atomic mass is 32.2. The lowest BCUT2D eigenvalue weighted by Crippen LogP contribution is -2.46. The van der Waals surface area contributed by atoms with Crippen molar-refractivity contribution in [3.8, 4) is 0 Å². The predicted molar refractivity (Wildman–Crippen MR) is 83.6 cm³/mol. The van der Waals surface area contributed by atoms with Gasteiger partial charge < -0.3 is 10.4 Å². The fourth-order valence-electron chi connectivity index (χ4n) is 3.12. The van der Waals surface area contributed by atoms with Crippen molar-refractivity contribution >= 4 is 16.1 Å². The Morgan fingerprint density at radius 1 is 1.18 bits per heavy atom. The topological polar surface area (TPSA) is 86.7 Å². The van der Waals surface area contributed by atoms with Crippen LogP contribution in [0.15, 0.2) is 17.0 Å². The number of hydrogen-bond donors (Lipinski definition) is 2. The number of hydrogen-bond acceptors (Lipinski definition) is 3. The summed E-state index contributed by atoms with van der Waals surface area (Å²) in [5.74, 6) is 0. The summed E-state index contributed by atoms with van der Waals surface area (Å²) in [6, 6.07) is 3.57. The van der Waals surface area contributed by atoms with Crippen molar-refractivity contribution in [1.29, 1.82) is 0 Å². The molecule has 1 aromatic rings. The Hall–Kier alpha value is -1.60. The molecule has 1 amide bonds. The summed E-state index contributed by atoms with van der Waals surface area (Å²) < 4.78 is 27.2. The maximum Gasteiger partial charge on any atom is 0.404 e. The maximum absolute atomic E-state index is 12.9. The highest BCUT2D eigenvalue weighted by Crippen LogP contribution is 2.27. The van der Waals surface area contributed by atoms with Crippen molar-refractivity contribution in [1.82, 2.24) is 9.62 Å². The molecule has 1 aliphatic heterocycles. The average Bonchev–Trinajstić information content (AvgIpc) is 2.36. The van der Waals surface area contributed by atoms with Crippen LogP contribution in [0.4, 0.5) is 4.79 Å². The monoisotopic (exact) mass is 326 g/mol. The number of rotatable bonds is 3. The van der Waals surface area contributed by atoms with Crippen molar-refractivity contribution < 1.29 is 18.3 Å². The Bertz CT molecular complexity index is 654. The second kappa shape index (κ2) is 6.26. The molecule has 1 saturated heterocycles. The molecule has 0 aromatic heterocycles. The molecule has 6 nitrogen and oxygen atoms in total. The molecule has 1 aliphatic rings. The van der Waals surface area contributed by atoms with Gasteiger partial charge in [0.05, 0.1) is 4.90 Å². The Kier molecular flexibility index (Phi) is 4.77. The van der Waals surface area contributed by atoms with Crippen molar-refractivity contribution in [3.63, 3.8) is 0 Å². The molecule has 0 spiro atoms. The summed E-state index contributed by atoms with van der Waals surface area (Å²) in [5, 5.41) is 11.1. The van der Waals surface area contributed by atoms with Crippen LogP contribution in [0.25, 0.3) is 0 Å². The second-order valence-electron chi connectivity index (χ2n) is 5.86. The third kappa shape index (κ3) is 3.41. The minimum Gasteiger partial charge on any atom is -0.465 e. The van der Waals surface area contributed by atoms with Gasteiger partial charge >= 0.3 is 6.09 Å². The van der Waals surface area contributed by atoms with Crippen molar-refractivity contribution in [2.45, 2.75) is 44.6 Å². The van der Waals surface area contributed by atoms with Crippen LogP contribution >= 0.6 is 0 Å². The van der Waals surface area contributed by atoms with E-state index in [0.29, 0.717) is 30.8 Å². The van der Waals surface area contributed by atoms with E-state index in [4.69, 9.17) is 5.11 Å². The molecule has 0 aliphatic carbocycles. The SMILES string of the molecule is Cc1cc(C)c(S(=O)(=O)N2CCC(NC(=O)O)CC2)c(C)c1. The maximum atomic E-state index is 12.9. The van der Waals surface area contributed by atoms with E-state index in [-0.39, 0.29) is 6.04 Å². The van der Waals surface area contributed by atoms with Gasteiger partial charge in [-0.2, -0.15) is 4.31 Å². The zero-order valence-corrected chi connectivity index (χ0v) is 13.9. The summed E-state index contributed by atoms with van der Waals surface area (Å²) in [4.78, 5) is 11.0. The van der Waals surface area contributed by atoms with E-state index in [9.17, 15) is 13.2 Å². The van der Waals surface area contributed by atoms with Gasteiger partial charge in [-0.05, 0) is 44.7 Å². The quantitative estimate of drug-likeness (QED) is 0.890. The van der Waals surface area contributed by atoms with Gasteiger partial charge in [-0.1, -0.05) is 17.7 Å². The molecule has 0 bridgehead atoms. The molecule has 0 unspecified atom stereocenters. The summed E-state index contributed by atoms with van der Waals surface area (Å²) in [7, 11) is -3.53. The van der Waals surface area contributed by atoms with Gasteiger partial charge in [0, 0.05) is 19.1 Å². The first-order valence-electron chi connectivity index (χ1n) is 7.29. The Morgan fingerprint density at radius 3 is 2.14 bits per heavy atom. The van der Waals surface area contributed by atoms with Crippen LogP contribution in [0.5, 0.6) is 0 Å². The molecule has 0 atom stereocenters. The van der Waals surface area contributed by atoms with Gasteiger partial charge in [-0.15, -0.1) is 0 Å². The number of carboxylic acid groups (broad SMARTS) is 1. The summed E-state index contributed by atoms with van der Waals surface area (Å²) >= 11 is 0. The number of aryl methyl sites for hydroxylation is 3. The molecule has 0 saturated carbocycles. The normalized spacial score (nSPS) is 17.4. The zero-order valence-electron chi connectivity index (χ0n) is 13.1. The van der Waals surface area contributed by atoms with Crippen LogP contribution in [0.1, 0.15) is 29.5 Å². The van der Waals surface area contributed by atoms with E-state index in [0.717, 1.165) is 16.7 Å². The number of sulfonamides is 1. The first kappa shape index (κ1) is 16.8.